The Bertz CT molecular complexity index is 271. The van der Waals surface area contributed by atoms with E-state index in [-0.39, 0.29) is 0 Å². The van der Waals surface area contributed by atoms with E-state index in [1.54, 1.807) is 18.5 Å². The lowest BCUT2D eigenvalue weighted by atomic mass is 10.2. The Hall–Kier alpha value is -1.60. The van der Waals surface area contributed by atoms with E-state index in [0.29, 0.717) is 11.4 Å². The number of nitrogens with two attached hydrogens (primary N) is 1. The lowest BCUT2D eigenvalue weighted by Gasteiger charge is -1.94. The molecule has 3 nitrogen and oxygen atoms in total. The zero-order chi connectivity index (χ0) is 8.27. The molecule has 0 saturated heterocycles. The largest absolute Gasteiger partial charge is 0.458 e. The second-order valence-corrected chi connectivity index (χ2v) is 2.30. The summed E-state index contributed by atoms with van der Waals surface area (Å²) < 4.78 is 0. The molecule has 0 aliphatic heterocycles. The lowest BCUT2D eigenvalue weighted by molar-refractivity contribution is 0.561. The molecule has 0 aromatic heterocycles. The Morgan fingerprint density at radius 1 is 1.55 bits per heavy atom. The highest BCUT2D eigenvalue weighted by molar-refractivity contribution is 5.75. The van der Waals surface area contributed by atoms with E-state index >= 15 is 0 Å². The highest BCUT2D eigenvalue weighted by Gasteiger charge is 2.05. The highest BCUT2D eigenvalue weighted by atomic mass is 16.1. The fourth-order valence-electron chi connectivity index (χ4n) is 0.829. The third-order valence-corrected chi connectivity index (χ3v) is 1.45. The average molecular weight is 149 g/mol. The first-order valence-electron chi connectivity index (χ1n) is 3.23. The molecule has 0 heterocycles. The Balaban J connectivity index is 3.01. The van der Waals surface area contributed by atoms with Crippen molar-refractivity contribution >= 4 is 17.8 Å². The molecule has 11 heavy (non-hydrogen) atoms. The molecule has 1 aromatic rings. The van der Waals surface area contributed by atoms with Crippen LogP contribution in [0.25, 0.3) is 0 Å². The van der Waals surface area contributed by atoms with Gasteiger partial charge in [-0.3, -0.25) is 0 Å². The normalized spacial score (nSPS) is 8.82. The van der Waals surface area contributed by atoms with Crippen molar-refractivity contribution in [2.45, 2.75) is 6.92 Å². The molecule has 0 atom stereocenters. The molecule has 0 aliphatic carbocycles. The number of nitrogens with one attached hydrogen (secondary N) is 1. The van der Waals surface area contributed by atoms with Crippen molar-refractivity contribution in [3.8, 4) is 0 Å². The molecular formula is C8H9N2O+. The van der Waals surface area contributed by atoms with Gasteiger partial charge in [0.1, 0.15) is 0 Å². The Morgan fingerprint density at radius 3 is 2.91 bits per heavy atom. The number of aryl methyl sites for hydroxylation is 1. The van der Waals surface area contributed by atoms with E-state index in [2.05, 4.69) is 5.32 Å². The molecule has 0 fully saturated rings. The van der Waals surface area contributed by atoms with E-state index in [1.807, 2.05) is 13.0 Å². The number of anilines is 2. The molecule has 1 amide bonds. The van der Waals surface area contributed by atoms with Gasteiger partial charge >= 0.3 is 6.41 Å². The van der Waals surface area contributed by atoms with Crippen LogP contribution in [0.4, 0.5) is 11.4 Å². The van der Waals surface area contributed by atoms with Gasteiger partial charge in [0.05, 0.1) is 17.3 Å². The van der Waals surface area contributed by atoms with Gasteiger partial charge in [-0.15, -0.1) is 5.32 Å². The molecule has 0 saturated carbocycles. The summed E-state index contributed by atoms with van der Waals surface area (Å²) in [6.45, 7) is 1.89. The minimum atomic E-state index is 0.633. The van der Waals surface area contributed by atoms with Gasteiger partial charge in [-0.1, -0.05) is 4.79 Å². The molecule has 0 bridgehead atoms. The summed E-state index contributed by atoms with van der Waals surface area (Å²) in [5.41, 5.74) is 7.80. The van der Waals surface area contributed by atoms with Crippen molar-refractivity contribution in [1.82, 2.24) is 0 Å². The van der Waals surface area contributed by atoms with E-state index in [9.17, 15) is 4.79 Å². The van der Waals surface area contributed by atoms with Crippen molar-refractivity contribution in [3.63, 3.8) is 0 Å². The quantitative estimate of drug-likeness (QED) is 0.375. The van der Waals surface area contributed by atoms with E-state index < -0.39 is 0 Å². The van der Waals surface area contributed by atoms with Crippen molar-refractivity contribution in [1.29, 1.82) is 0 Å². The van der Waals surface area contributed by atoms with Crippen LogP contribution in [-0.2, 0) is 4.79 Å². The summed E-state index contributed by atoms with van der Waals surface area (Å²) in [5, 5.41) is 2.43. The zero-order valence-electron chi connectivity index (χ0n) is 6.22. The maximum atomic E-state index is 9.96. The molecule has 0 aliphatic rings. The fourth-order valence-corrected chi connectivity index (χ4v) is 0.829. The zero-order valence-corrected chi connectivity index (χ0v) is 6.22. The first-order chi connectivity index (χ1) is 5.24. The Kier molecular flexibility index (Phi) is 2.04. The molecule has 1 aromatic carbocycles. The lowest BCUT2D eigenvalue weighted by Crippen LogP contribution is -1.97. The van der Waals surface area contributed by atoms with Gasteiger partial charge in [0, 0.05) is 0 Å². The second-order valence-electron chi connectivity index (χ2n) is 2.30. The monoisotopic (exact) mass is 149 g/mol. The number of benzene rings is 1. The first kappa shape index (κ1) is 7.51. The van der Waals surface area contributed by atoms with E-state index in [0.717, 1.165) is 5.56 Å². The van der Waals surface area contributed by atoms with Crippen molar-refractivity contribution in [3.05, 3.63) is 23.8 Å². The van der Waals surface area contributed by atoms with Crippen LogP contribution in [-0.4, -0.2) is 6.41 Å². The third-order valence-electron chi connectivity index (χ3n) is 1.45. The van der Waals surface area contributed by atoms with Crippen molar-refractivity contribution in [2.75, 3.05) is 11.1 Å². The van der Waals surface area contributed by atoms with Gasteiger partial charge < -0.3 is 5.73 Å². The van der Waals surface area contributed by atoms with Gasteiger partial charge in [0.15, 0.2) is 5.69 Å². The van der Waals surface area contributed by atoms with Crippen LogP contribution in [0.3, 0.4) is 0 Å². The van der Waals surface area contributed by atoms with Crippen LogP contribution in [0, 0.1) is 6.92 Å². The third kappa shape index (κ3) is 1.66. The van der Waals surface area contributed by atoms with Crippen LogP contribution in [0.1, 0.15) is 5.56 Å². The van der Waals surface area contributed by atoms with Crippen LogP contribution >= 0.6 is 0 Å². The second kappa shape index (κ2) is 2.99. The summed E-state index contributed by atoms with van der Waals surface area (Å²) in [4.78, 5) is 9.96. The number of hydrogen-bond donors (Lipinski definition) is 2. The van der Waals surface area contributed by atoms with E-state index in [1.165, 1.54) is 0 Å². The number of hydrogen-bond acceptors (Lipinski definition) is 2. The number of nitrogen functional groups attached to an aromatic ring is 1. The topological polar surface area (TPSA) is 55.1 Å². The SMILES string of the molecule is Cc1ccc(N)cc1N[C+]=O. The average Bonchev–Trinajstić information content (AvgIpc) is 1.98. The predicted molar refractivity (Wildman–Crippen MR) is 44.9 cm³/mol. The number of amides is 1. The van der Waals surface area contributed by atoms with Crippen molar-refractivity contribution < 1.29 is 4.79 Å². The molecule has 3 heteroatoms. The maximum Gasteiger partial charge on any atom is 0.458 e. The van der Waals surface area contributed by atoms with Gasteiger partial charge in [0.25, 0.3) is 0 Å². The minimum absolute atomic E-state index is 0.633. The van der Waals surface area contributed by atoms with Crippen LogP contribution in [0.2, 0.25) is 0 Å². The molecule has 0 spiro atoms. The predicted octanol–water partition coefficient (Wildman–Crippen LogP) is 1.06. The van der Waals surface area contributed by atoms with Gasteiger partial charge in [-0.05, 0) is 19.1 Å². The van der Waals surface area contributed by atoms with Gasteiger partial charge in [-0.25, -0.2) is 0 Å². The Morgan fingerprint density at radius 2 is 2.27 bits per heavy atom. The summed E-state index contributed by atoms with van der Waals surface area (Å²) in [6, 6.07) is 5.32. The Labute approximate surface area is 65.2 Å². The van der Waals surface area contributed by atoms with Crippen molar-refractivity contribution in [2.24, 2.45) is 0 Å². The highest BCUT2D eigenvalue weighted by Crippen LogP contribution is 2.16. The molecule has 3 N–H and O–H groups in total. The number of carbonyl (C=O) groups excluding carboxylic acids is 1. The standard InChI is InChI=1S/C8H9N2O/c1-6-2-3-7(9)4-8(6)10-5-11/h2-4H,9H2,1H3,(H,10,11)/q+1. The van der Waals surface area contributed by atoms with Crippen LogP contribution < -0.4 is 11.1 Å². The molecule has 0 radical (unpaired) electrons. The summed E-state index contributed by atoms with van der Waals surface area (Å²) in [5.74, 6) is 0. The maximum absolute atomic E-state index is 9.96. The molecule has 0 unspecified atom stereocenters. The molecule has 56 valence electrons. The van der Waals surface area contributed by atoms with Crippen LogP contribution in [0.15, 0.2) is 18.2 Å². The number of rotatable bonds is 2. The summed E-state index contributed by atoms with van der Waals surface area (Å²) in [6.07, 6.45) is 1.60. The fraction of sp³-hybridized carbons (Fsp3) is 0.125. The summed E-state index contributed by atoms with van der Waals surface area (Å²) in [7, 11) is 0. The molecular weight excluding hydrogens is 140 g/mol. The van der Waals surface area contributed by atoms with Gasteiger partial charge in [-0.2, -0.15) is 0 Å². The van der Waals surface area contributed by atoms with E-state index in [4.69, 9.17) is 5.73 Å². The van der Waals surface area contributed by atoms with Crippen LogP contribution in [0.5, 0.6) is 0 Å². The minimum Gasteiger partial charge on any atom is -0.397 e. The van der Waals surface area contributed by atoms with Gasteiger partial charge in [0.2, 0.25) is 0 Å². The molecule has 1 rings (SSSR count). The smallest absolute Gasteiger partial charge is 0.397 e. The summed E-state index contributed by atoms with van der Waals surface area (Å²) >= 11 is 0. The first-order valence-corrected chi connectivity index (χ1v) is 3.23.